The first-order valence-corrected chi connectivity index (χ1v) is 16.6. The standard InChI is InChI=1S/C31H36Cl2N6O4S/c1-21-18-26(38-17-13-34-20-38)22-8-5-10-27(30(22)35-21)43-19-23-24(32)11-12-28(29(23)33)44(41,42)39-16-6-9-25(39)31(40)37(4)15-7-14-36(2)3/h5,8,10-13,17-18,20,25H,6-7,9,14-16,19H2,1-4H3/t25-/m0/s1. The predicted octanol–water partition coefficient (Wildman–Crippen LogP) is 5.18. The molecule has 0 unspecified atom stereocenters. The van der Waals surface area contributed by atoms with Crippen LogP contribution in [0.3, 0.4) is 0 Å². The van der Waals surface area contributed by atoms with Gasteiger partial charge in [0.2, 0.25) is 15.9 Å². The number of fused-ring (bicyclic) bond motifs is 1. The van der Waals surface area contributed by atoms with Crippen LogP contribution in [0.15, 0.2) is 60.0 Å². The van der Waals surface area contributed by atoms with Crippen molar-refractivity contribution in [2.24, 2.45) is 0 Å². The zero-order valence-corrected chi connectivity index (χ0v) is 27.5. The van der Waals surface area contributed by atoms with E-state index in [1.807, 2.05) is 54.9 Å². The van der Waals surface area contributed by atoms with Gasteiger partial charge in [-0.15, -0.1) is 0 Å². The number of aromatic nitrogens is 3. The Morgan fingerprint density at radius 2 is 1.93 bits per heavy atom. The summed E-state index contributed by atoms with van der Waals surface area (Å²) < 4.78 is 37.3. The van der Waals surface area contributed by atoms with E-state index in [4.69, 9.17) is 32.9 Å². The summed E-state index contributed by atoms with van der Waals surface area (Å²) in [6, 6.07) is 9.68. The SMILES string of the molecule is Cc1cc(-n2ccnc2)c2cccc(OCc3c(Cl)ccc(S(=O)(=O)N4CCC[C@H]4C(=O)N(C)CCCN(C)C)c3Cl)c2n1. The molecule has 0 bridgehead atoms. The van der Waals surface area contributed by atoms with Crippen LogP contribution in [0.4, 0.5) is 0 Å². The molecule has 0 radical (unpaired) electrons. The number of imidazole rings is 1. The molecule has 0 spiro atoms. The zero-order chi connectivity index (χ0) is 31.6. The summed E-state index contributed by atoms with van der Waals surface area (Å²) in [7, 11) is 1.55. The maximum Gasteiger partial charge on any atom is 0.245 e. The molecule has 3 heterocycles. The average Bonchev–Trinajstić information content (AvgIpc) is 3.69. The van der Waals surface area contributed by atoms with Crippen LogP contribution >= 0.6 is 23.2 Å². The van der Waals surface area contributed by atoms with Gasteiger partial charge >= 0.3 is 0 Å². The lowest BCUT2D eigenvalue weighted by Crippen LogP contribution is -2.47. The van der Waals surface area contributed by atoms with Gasteiger partial charge in [0.15, 0.2) is 0 Å². The lowest BCUT2D eigenvalue weighted by atomic mass is 10.1. The van der Waals surface area contributed by atoms with E-state index in [0.29, 0.717) is 36.2 Å². The monoisotopic (exact) mass is 658 g/mol. The Morgan fingerprint density at radius 1 is 1.14 bits per heavy atom. The van der Waals surface area contributed by atoms with Crippen molar-refractivity contribution in [1.29, 1.82) is 0 Å². The Morgan fingerprint density at radius 3 is 2.66 bits per heavy atom. The molecule has 0 aliphatic carbocycles. The second kappa shape index (κ2) is 13.4. The molecule has 10 nitrogen and oxygen atoms in total. The first-order chi connectivity index (χ1) is 21.0. The minimum absolute atomic E-state index is 0.0292. The fourth-order valence-corrected chi connectivity index (χ4v) is 8.02. The number of aryl methyl sites for hydroxylation is 1. The number of benzene rings is 2. The number of para-hydroxylation sites is 1. The molecule has 1 fully saturated rings. The van der Waals surface area contributed by atoms with Crippen molar-refractivity contribution in [3.8, 4) is 11.4 Å². The van der Waals surface area contributed by atoms with Gasteiger partial charge in [0.05, 0.1) is 17.0 Å². The highest BCUT2D eigenvalue weighted by molar-refractivity contribution is 7.89. The lowest BCUT2D eigenvalue weighted by molar-refractivity contribution is -0.133. The molecule has 2 aromatic carbocycles. The number of carbonyl (C=O) groups excluding carboxylic acids is 1. The molecular formula is C31H36Cl2N6O4S. The molecule has 1 saturated heterocycles. The highest BCUT2D eigenvalue weighted by atomic mass is 35.5. The Kier molecular flexibility index (Phi) is 9.81. The van der Waals surface area contributed by atoms with E-state index >= 15 is 0 Å². The van der Waals surface area contributed by atoms with Crippen molar-refractivity contribution >= 4 is 50.0 Å². The number of halogens is 2. The van der Waals surface area contributed by atoms with E-state index in [1.165, 1.54) is 16.4 Å². The first-order valence-electron chi connectivity index (χ1n) is 14.4. The lowest BCUT2D eigenvalue weighted by Gasteiger charge is -2.28. The number of ether oxygens (including phenoxy) is 1. The molecule has 5 rings (SSSR count). The number of amides is 1. The minimum Gasteiger partial charge on any atom is -0.487 e. The summed E-state index contributed by atoms with van der Waals surface area (Å²) in [5.41, 5.74) is 2.66. The molecule has 4 aromatic rings. The minimum atomic E-state index is -4.11. The molecule has 2 aromatic heterocycles. The van der Waals surface area contributed by atoms with Gasteiger partial charge in [-0.25, -0.2) is 18.4 Å². The summed E-state index contributed by atoms with van der Waals surface area (Å²) in [5, 5.41) is 1.10. The van der Waals surface area contributed by atoms with Gasteiger partial charge in [-0.1, -0.05) is 35.3 Å². The second-order valence-corrected chi connectivity index (χ2v) is 13.9. The van der Waals surface area contributed by atoms with Crippen LogP contribution in [-0.4, -0.2) is 89.8 Å². The van der Waals surface area contributed by atoms with Crippen LogP contribution in [0, 0.1) is 6.92 Å². The van der Waals surface area contributed by atoms with Crippen LogP contribution in [0.5, 0.6) is 5.75 Å². The number of likely N-dealkylation sites (N-methyl/N-ethyl adjacent to an activating group) is 1. The van der Waals surface area contributed by atoms with Gasteiger partial charge in [-0.3, -0.25) is 4.79 Å². The fraction of sp³-hybridized carbons (Fsp3) is 0.387. The molecule has 0 saturated carbocycles. The quantitative estimate of drug-likeness (QED) is 0.219. The van der Waals surface area contributed by atoms with Gasteiger partial charge in [-0.2, -0.15) is 4.31 Å². The number of hydrogen-bond donors (Lipinski definition) is 0. The van der Waals surface area contributed by atoms with Crippen molar-refractivity contribution in [3.05, 3.63) is 76.4 Å². The third-order valence-corrected chi connectivity index (χ3v) is 10.6. The second-order valence-electron chi connectivity index (χ2n) is 11.2. The third kappa shape index (κ3) is 6.57. The van der Waals surface area contributed by atoms with E-state index in [1.54, 1.807) is 30.5 Å². The molecule has 1 aliphatic heterocycles. The molecule has 0 N–H and O–H groups in total. The van der Waals surface area contributed by atoms with Crippen LogP contribution in [0.25, 0.3) is 16.6 Å². The number of sulfonamides is 1. The van der Waals surface area contributed by atoms with Crippen molar-refractivity contribution in [1.82, 2.24) is 28.6 Å². The van der Waals surface area contributed by atoms with Gasteiger partial charge in [0, 0.05) is 54.2 Å². The van der Waals surface area contributed by atoms with Gasteiger partial charge < -0.3 is 19.1 Å². The van der Waals surface area contributed by atoms with Crippen molar-refractivity contribution in [2.45, 2.75) is 43.7 Å². The van der Waals surface area contributed by atoms with Crippen LogP contribution in [-0.2, 0) is 21.4 Å². The molecule has 13 heteroatoms. The van der Waals surface area contributed by atoms with Gasteiger partial charge in [-0.05, 0) is 71.1 Å². The largest absolute Gasteiger partial charge is 0.487 e. The molecule has 44 heavy (non-hydrogen) atoms. The zero-order valence-electron chi connectivity index (χ0n) is 25.2. The Labute approximate surface area is 268 Å². The number of pyridine rings is 1. The Bertz CT molecular complexity index is 1760. The Hall–Kier alpha value is -3.22. The van der Waals surface area contributed by atoms with Gasteiger partial charge in [0.25, 0.3) is 0 Å². The van der Waals surface area contributed by atoms with Crippen molar-refractivity contribution in [3.63, 3.8) is 0 Å². The first kappa shape index (κ1) is 32.2. The molecular weight excluding hydrogens is 623 g/mol. The van der Waals surface area contributed by atoms with E-state index in [-0.39, 0.29) is 34.0 Å². The third-order valence-electron chi connectivity index (χ3n) is 7.76. The molecule has 1 atom stereocenters. The van der Waals surface area contributed by atoms with Crippen LogP contribution in [0.1, 0.15) is 30.5 Å². The smallest absolute Gasteiger partial charge is 0.245 e. The fourth-order valence-electron chi connectivity index (χ4n) is 5.51. The highest BCUT2D eigenvalue weighted by Crippen LogP contribution is 2.37. The van der Waals surface area contributed by atoms with Crippen LogP contribution in [0.2, 0.25) is 10.0 Å². The van der Waals surface area contributed by atoms with Crippen molar-refractivity contribution in [2.75, 3.05) is 40.8 Å². The topological polar surface area (TPSA) is 101 Å². The number of hydrogen-bond acceptors (Lipinski definition) is 7. The summed E-state index contributed by atoms with van der Waals surface area (Å²) in [5.74, 6) is 0.280. The maximum absolute atomic E-state index is 14.0. The summed E-state index contributed by atoms with van der Waals surface area (Å²) in [6.07, 6.45) is 7.10. The van der Waals surface area contributed by atoms with Gasteiger partial charge in [0.1, 0.15) is 28.8 Å². The highest BCUT2D eigenvalue weighted by Gasteiger charge is 2.41. The number of nitrogens with zero attached hydrogens (tertiary/aromatic N) is 6. The van der Waals surface area contributed by atoms with Crippen LogP contribution < -0.4 is 4.74 Å². The molecule has 234 valence electrons. The molecule has 1 amide bonds. The summed E-state index contributed by atoms with van der Waals surface area (Å²) >= 11 is 13.3. The van der Waals surface area contributed by atoms with E-state index in [9.17, 15) is 13.2 Å². The van der Waals surface area contributed by atoms with Crippen molar-refractivity contribution < 1.29 is 17.9 Å². The maximum atomic E-state index is 14.0. The van der Waals surface area contributed by atoms with E-state index in [2.05, 4.69) is 4.98 Å². The number of carbonyl (C=O) groups is 1. The predicted molar refractivity (Wildman–Crippen MR) is 172 cm³/mol. The summed E-state index contributed by atoms with van der Waals surface area (Å²) in [6.45, 7) is 3.41. The number of rotatable bonds is 11. The molecule has 1 aliphatic rings. The Balaban J connectivity index is 1.40. The average molecular weight is 660 g/mol. The summed E-state index contributed by atoms with van der Waals surface area (Å²) in [4.78, 5) is 25.8. The van der Waals surface area contributed by atoms with E-state index in [0.717, 1.165) is 29.7 Å². The normalized spacial score (nSPS) is 15.8. The van der Waals surface area contributed by atoms with E-state index < -0.39 is 16.1 Å².